The number of rotatable bonds is 7. The lowest BCUT2D eigenvalue weighted by molar-refractivity contribution is -0.137. The molecular formula is C28H21F3N2O2. The lowest BCUT2D eigenvalue weighted by Gasteiger charge is -2.14. The van der Waals surface area contributed by atoms with Crippen molar-refractivity contribution >= 4 is 17.4 Å². The molecule has 1 N–H and O–H groups in total. The fourth-order valence-corrected chi connectivity index (χ4v) is 3.72. The molecule has 176 valence electrons. The topological polar surface area (TPSA) is 59.1 Å². The molecule has 0 saturated carbocycles. The van der Waals surface area contributed by atoms with E-state index >= 15 is 0 Å². The number of amides is 1. The summed E-state index contributed by atoms with van der Waals surface area (Å²) in [6, 6.07) is 23.5. The number of carbonyl (C=O) groups is 2. The molecule has 35 heavy (non-hydrogen) atoms. The summed E-state index contributed by atoms with van der Waals surface area (Å²) < 4.78 is 38.8. The van der Waals surface area contributed by atoms with Crippen LogP contribution in [-0.2, 0) is 12.6 Å². The number of hydrogen-bond donors (Lipinski definition) is 1. The summed E-state index contributed by atoms with van der Waals surface area (Å²) in [6.45, 7) is 0. The van der Waals surface area contributed by atoms with Gasteiger partial charge in [-0.3, -0.25) is 14.6 Å². The van der Waals surface area contributed by atoms with Crippen molar-refractivity contribution in [3.8, 4) is 11.1 Å². The summed E-state index contributed by atoms with van der Waals surface area (Å²) >= 11 is 0. The summed E-state index contributed by atoms with van der Waals surface area (Å²) in [6.07, 6.45) is -2.07. The van der Waals surface area contributed by atoms with Crippen LogP contribution in [0.1, 0.15) is 38.4 Å². The Morgan fingerprint density at radius 2 is 1.43 bits per heavy atom. The van der Waals surface area contributed by atoms with Crippen LogP contribution in [0, 0.1) is 0 Å². The third-order valence-electron chi connectivity index (χ3n) is 5.50. The Morgan fingerprint density at radius 1 is 0.771 bits per heavy atom. The molecule has 1 aromatic heterocycles. The average Bonchev–Trinajstić information content (AvgIpc) is 2.88. The number of hydrogen-bond acceptors (Lipinski definition) is 3. The van der Waals surface area contributed by atoms with Crippen LogP contribution >= 0.6 is 0 Å². The first-order chi connectivity index (χ1) is 16.8. The van der Waals surface area contributed by atoms with Gasteiger partial charge in [0.15, 0.2) is 5.78 Å². The second-order valence-corrected chi connectivity index (χ2v) is 7.86. The number of benzene rings is 3. The van der Waals surface area contributed by atoms with E-state index in [-0.39, 0.29) is 17.8 Å². The highest BCUT2D eigenvalue weighted by atomic mass is 19.4. The second-order valence-electron chi connectivity index (χ2n) is 7.86. The molecule has 0 atom stereocenters. The Balaban J connectivity index is 1.55. The van der Waals surface area contributed by atoms with Crippen LogP contribution in [-0.4, -0.2) is 16.7 Å². The zero-order valence-corrected chi connectivity index (χ0v) is 18.5. The van der Waals surface area contributed by atoms with Crippen molar-refractivity contribution in [2.24, 2.45) is 0 Å². The number of alkyl halides is 3. The van der Waals surface area contributed by atoms with Crippen LogP contribution in [0.15, 0.2) is 97.2 Å². The molecular weight excluding hydrogens is 453 g/mol. The van der Waals surface area contributed by atoms with Crippen LogP contribution in [0.25, 0.3) is 11.1 Å². The van der Waals surface area contributed by atoms with Crippen LogP contribution in [0.4, 0.5) is 18.9 Å². The summed E-state index contributed by atoms with van der Waals surface area (Å²) in [5.41, 5.74) is 2.02. The maximum atomic E-state index is 13.2. The van der Waals surface area contributed by atoms with Gasteiger partial charge in [-0.15, -0.1) is 0 Å². The van der Waals surface area contributed by atoms with Crippen molar-refractivity contribution in [3.05, 3.63) is 120 Å². The number of halogens is 3. The highest BCUT2D eigenvalue weighted by Gasteiger charge is 2.30. The van der Waals surface area contributed by atoms with Crippen LogP contribution in [0.3, 0.4) is 0 Å². The van der Waals surface area contributed by atoms with Crippen molar-refractivity contribution < 1.29 is 22.8 Å². The normalized spacial score (nSPS) is 11.2. The van der Waals surface area contributed by atoms with E-state index in [0.717, 1.165) is 17.8 Å². The first-order valence-electron chi connectivity index (χ1n) is 10.9. The fourth-order valence-electron chi connectivity index (χ4n) is 3.72. The van der Waals surface area contributed by atoms with Gasteiger partial charge in [0.1, 0.15) is 0 Å². The van der Waals surface area contributed by atoms with E-state index in [1.165, 1.54) is 12.1 Å². The van der Waals surface area contributed by atoms with E-state index in [4.69, 9.17) is 0 Å². The number of ketones is 1. The Bertz CT molecular complexity index is 1330. The molecule has 1 heterocycles. The van der Waals surface area contributed by atoms with Gasteiger partial charge in [-0.2, -0.15) is 13.2 Å². The van der Waals surface area contributed by atoms with Crippen molar-refractivity contribution in [2.75, 3.05) is 5.32 Å². The SMILES string of the molecule is O=C(CCc1ccccn1)c1ccccc1NC(=O)c1ccccc1-c1ccc(C(F)(F)F)cc1. The number of para-hydroxylation sites is 1. The van der Waals surface area contributed by atoms with E-state index in [0.29, 0.717) is 28.8 Å². The third-order valence-corrected chi connectivity index (χ3v) is 5.50. The van der Waals surface area contributed by atoms with Gasteiger partial charge in [0.25, 0.3) is 5.91 Å². The summed E-state index contributed by atoms with van der Waals surface area (Å²) in [4.78, 5) is 30.3. The van der Waals surface area contributed by atoms with Crippen LogP contribution < -0.4 is 5.32 Å². The predicted octanol–water partition coefficient (Wildman–Crippen LogP) is 6.84. The molecule has 0 saturated heterocycles. The number of carbonyl (C=O) groups excluding carboxylic acids is 2. The molecule has 4 nitrogen and oxygen atoms in total. The second kappa shape index (κ2) is 10.3. The zero-order valence-electron chi connectivity index (χ0n) is 18.5. The molecule has 1 amide bonds. The monoisotopic (exact) mass is 474 g/mol. The van der Waals surface area contributed by atoms with Gasteiger partial charge in [0.05, 0.1) is 11.3 Å². The molecule has 0 aliphatic heterocycles. The summed E-state index contributed by atoms with van der Waals surface area (Å²) in [5.74, 6) is -0.604. The zero-order chi connectivity index (χ0) is 24.8. The Morgan fingerprint density at radius 3 is 2.11 bits per heavy atom. The number of aryl methyl sites for hydroxylation is 1. The summed E-state index contributed by atoms with van der Waals surface area (Å²) in [7, 11) is 0. The maximum absolute atomic E-state index is 13.2. The van der Waals surface area contributed by atoms with Gasteiger partial charge in [-0.05, 0) is 60.0 Å². The molecule has 0 fully saturated rings. The van der Waals surface area contributed by atoms with Gasteiger partial charge in [0, 0.05) is 29.4 Å². The number of Topliss-reactive ketones (excluding diaryl/α,β-unsaturated/α-hetero) is 1. The van der Waals surface area contributed by atoms with Crippen molar-refractivity contribution in [1.82, 2.24) is 4.98 Å². The molecule has 0 unspecified atom stereocenters. The standard InChI is InChI=1S/C28H21F3N2O2/c29-28(30,31)20-14-12-19(13-15-20)22-8-1-2-9-23(22)27(35)33-25-11-4-3-10-24(25)26(34)17-16-21-7-5-6-18-32-21/h1-15,18H,16-17H2,(H,33,35). The Kier molecular flexibility index (Phi) is 7.06. The Labute approximate surface area is 200 Å². The van der Waals surface area contributed by atoms with Crippen LogP contribution in [0.2, 0.25) is 0 Å². The molecule has 0 aliphatic carbocycles. The summed E-state index contributed by atoms with van der Waals surface area (Å²) in [5, 5.41) is 2.80. The molecule has 0 aliphatic rings. The highest BCUT2D eigenvalue weighted by molar-refractivity contribution is 6.12. The Hall–Kier alpha value is -4.26. The average molecular weight is 474 g/mol. The van der Waals surface area contributed by atoms with Crippen molar-refractivity contribution in [1.29, 1.82) is 0 Å². The number of nitrogens with zero attached hydrogens (tertiary/aromatic N) is 1. The van der Waals surface area contributed by atoms with Gasteiger partial charge in [-0.25, -0.2) is 0 Å². The lowest BCUT2D eigenvalue weighted by atomic mass is 9.97. The predicted molar refractivity (Wildman–Crippen MR) is 128 cm³/mol. The van der Waals surface area contributed by atoms with Crippen molar-refractivity contribution in [3.63, 3.8) is 0 Å². The maximum Gasteiger partial charge on any atom is 0.416 e. The molecule has 3 aromatic carbocycles. The van der Waals surface area contributed by atoms with Crippen LogP contribution in [0.5, 0.6) is 0 Å². The number of aromatic nitrogens is 1. The molecule has 7 heteroatoms. The minimum absolute atomic E-state index is 0.137. The number of anilines is 1. The highest BCUT2D eigenvalue weighted by Crippen LogP contribution is 2.32. The van der Waals surface area contributed by atoms with Gasteiger partial charge < -0.3 is 5.32 Å². The van der Waals surface area contributed by atoms with E-state index in [9.17, 15) is 22.8 Å². The minimum atomic E-state index is -4.44. The van der Waals surface area contributed by atoms with E-state index < -0.39 is 17.6 Å². The van der Waals surface area contributed by atoms with Crippen molar-refractivity contribution in [2.45, 2.75) is 19.0 Å². The first kappa shape index (κ1) is 23.9. The van der Waals surface area contributed by atoms with Gasteiger partial charge >= 0.3 is 6.18 Å². The molecule has 0 spiro atoms. The van der Waals surface area contributed by atoms with E-state index in [1.54, 1.807) is 60.8 Å². The van der Waals surface area contributed by atoms with E-state index in [2.05, 4.69) is 10.3 Å². The number of pyridine rings is 1. The first-order valence-corrected chi connectivity index (χ1v) is 10.9. The fraction of sp³-hybridized carbons (Fsp3) is 0.107. The lowest BCUT2D eigenvalue weighted by Crippen LogP contribution is -2.16. The smallest absolute Gasteiger partial charge is 0.321 e. The largest absolute Gasteiger partial charge is 0.416 e. The quantitative estimate of drug-likeness (QED) is 0.299. The molecule has 0 radical (unpaired) electrons. The van der Waals surface area contributed by atoms with Gasteiger partial charge in [-0.1, -0.05) is 48.5 Å². The number of nitrogens with one attached hydrogen (secondary N) is 1. The minimum Gasteiger partial charge on any atom is -0.321 e. The van der Waals surface area contributed by atoms with Gasteiger partial charge in [0.2, 0.25) is 0 Å². The molecule has 0 bridgehead atoms. The molecule has 4 aromatic rings. The molecule has 4 rings (SSSR count). The van der Waals surface area contributed by atoms with E-state index in [1.807, 2.05) is 12.1 Å². The third kappa shape index (κ3) is 5.81.